The minimum atomic E-state index is -1.00. The zero-order chi connectivity index (χ0) is 14.7. The van der Waals surface area contributed by atoms with E-state index in [4.69, 9.17) is 12.2 Å². The average Bonchev–Trinajstić information content (AvgIpc) is 2.70. The van der Waals surface area contributed by atoms with Crippen molar-refractivity contribution >= 4 is 41.0 Å². The van der Waals surface area contributed by atoms with Gasteiger partial charge in [-0.1, -0.05) is 0 Å². The third-order valence-electron chi connectivity index (χ3n) is 3.24. The number of hydrogen-bond acceptors (Lipinski definition) is 4. The van der Waals surface area contributed by atoms with Gasteiger partial charge in [0.1, 0.15) is 5.70 Å². The molecular formula is C12H17N3O3S2. The lowest BCUT2D eigenvalue weighted by Gasteiger charge is -2.33. The largest absolute Gasteiger partial charge is 0.477 e. The average molecular weight is 315 g/mol. The van der Waals surface area contributed by atoms with Crippen LogP contribution in [0, 0.1) is 0 Å². The Morgan fingerprint density at radius 3 is 2.90 bits per heavy atom. The molecule has 20 heavy (non-hydrogen) atoms. The molecule has 3 N–H and O–H groups in total. The van der Waals surface area contributed by atoms with Crippen molar-refractivity contribution in [1.29, 1.82) is 0 Å². The van der Waals surface area contributed by atoms with E-state index in [2.05, 4.69) is 10.6 Å². The lowest BCUT2D eigenvalue weighted by atomic mass is 10.1. The van der Waals surface area contributed by atoms with Gasteiger partial charge < -0.3 is 15.7 Å². The number of allylic oxidation sites excluding steroid dienone is 1. The quantitative estimate of drug-likeness (QED) is 0.381. The predicted molar refractivity (Wildman–Crippen MR) is 81.0 cm³/mol. The zero-order valence-corrected chi connectivity index (χ0v) is 12.8. The van der Waals surface area contributed by atoms with E-state index in [1.807, 2.05) is 0 Å². The van der Waals surface area contributed by atoms with Gasteiger partial charge in [0.05, 0.1) is 11.8 Å². The van der Waals surface area contributed by atoms with Gasteiger partial charge in [-0.25, -0.2) is 4.79 Å². The molecule has 0 aromatic heterocycles. The molecule has 0 saturated carbocycles. The van der Waals surface area contributed by atoms with Crippen molar-refractivity contribution in [1.82, 2.24) is 15.5 Å². The summed E-state index contributed by atoms with van der Waals surface area (Å²) in [7, 11) is 1.76. The summed E-state index contributed by atoms with van der Waals surface area (Å²) in [5.74, 6) is -1.09. The molecule has 0 aliphatic carbocycles. The van der Waals surface area contributed by atoms with Crippen molar-refractivity contribution in [2.24, 2.45) is 0 Å². The number of thiocarbonyl (C=S) groups is 1. The van der Waals surface area contributed by atoms with Gasteiger partial charge in [0.2, 0.25) is 5.91 Å². The fraction of sp³-hybridized carbons (Fsp3) is 0.583. The second-order valence-corrected chi connectivity index (χ2v) is 6.26. The number of β-lactam (4-membered cyclic amide) rings is 1. The molecule has 2 aliphatic heterocycles. The molecule has 1 fully saturated rings. The highest BCUT2D eigenvalue weighted by Crippen LogP contribution is 2.47. The Labute approximate surface area is 127 Å². The molecule has 8 heteroatoms. The molecule has 0 aromatic rings. The van der Waals surface area contributed by atoms with Crippen LogP contribution in [0.4, 0.5) is 0 Å². The molecule has 2 rings (SSSR count). The summed E-state index contributed by atoms with van der Waals surface area (Å²) < 4.78 is 0. The number of unbranched alkanes of at least 4 members (excludes halogenated alkanes) is 1. The Morgan fingerprint density at radius 2 is 2.30 bits per heavy atom. The normalized spacial score (nSPS) is 20.6. The summed E-state index contributed by atoms with van der Waals surface area (Å²) in [6.07, 6.45) is 2.91. The molecule has 0 aromatic carbocycles. The molecule has 6 nitrogen and oxygen atoms in total. The van der Waals surface area contributed by atoms with Gasteiger partial charge >= 0.3 is 5.97 Å². The fourth-order valence-corrected chi connectivity index (χ4v) is 3.75. The van der Waals surface area contributed by atoms with Crippen molar-refractivity contribution in [2.75, 3.05) is 13.6 Å². The van der Waals surface area contributed by atoms with Gasteiger partial charge in [-0.3, -0.25) is 9.69 Å². The summed E-state index contributed by atoms with van der Waals surface area (Å²) in [4.78, 5) is 24.9. The van der Waals surface area contributed by atoms with Crippen LogP contribution < -0.4 is 10.6 Å². The highest BCUT2D eigenvalue weighted by Gasteiger charge is 2.47. The SMILES string of the molecule is CNC(=S)NCCCCC1=C(C(=O)O)N2C(=O)C[C@H]2S1. The second-order valence-electron chi connectivity index (χ2n) is 4.58. The summed E-state index contributed by atoms with van der Waals surface area (Å²) in [5, 5.41) is 15.7. The number of aliphatic carboxylic acids is 1. The van der Waals surface area contributed by atoms with E-state index in [9.17, 15) is 14.7 Å². The molecule has 1 saturated heterocycles. The maximum absolute atomic E-state index is 11.4. The van der Waals surface area contributed by atoms with Crippen LogP contribution in [-0.2, 0) is 9.59 Å². The van der Waals surface area contributed by atoms with E-state index in [-0.39, 0.29) is 17.0 Å². The monoisotopic (exact) mass is 315 g/mol. The lowest BCUT2D eigenvalue weighted by Crippen LogP contribution is -2.48. The first kappa shape index (κ1) is 15.1. The van der Waals surface area contributed by atoms with Crippen LogP contribution in [0.5, 0.6) is 0 Å². The second kappa shape index (κ2) is 6.45. The first-order valence-electron chi connectivity index (χ1n) is 6.45. The van der Waals surface area contributed by atoms with E-state index in [1.54, 1.807) is 7.05 Å². The topological polar surface area (TPSA) is 81.7 Å². The van der Waals surface area contributed by atoms with Gasteiger partial charge in [-0.05, 0) is 31.5 Å². The van der Waals surface area contributed by atoms with Crippen molar-refractivity contribution in [2.45, 2.75) is 31.1 Å². The number of carbonyl (C=O) groups excluding carboxylic acids is 1. The third-order valence-corrected chi connectivity index (χ3v) is 4.92. The molecule has 0 radical (unpaired) electrons. The van der Waals surface area contributed by atoms with Crippen LogP contribution in [0.25, 0.3) is 0 Å². The molecule has 110 valence electrons. The number of fused-ring (bicyclic) bond motifs is 1. The van der Waals surface area contributed by atoms with Gasteiger partial charge in [0, 0.05) is 18.5 Å². The maximum atomic E-state index is 11.4. The van der Waals surface area contributed by atoms with Crippen LogP contribution in [0.3, 0.4) is 0 Å². The third kappa shape index (κ3) is 3.06. The van der Waals surface area contributed by atoms with E-state index in [0.717, 1.165) is 24.3 Å². The molecular weight excluding hydrogens is 298 g/mol. The zero-order valence-electron chi connectivity index (χ0n) is 11.1. The first-order valence-corrected chi connectivity index (χ1v) is 7.74. The minimum Gasteiger partial charge on any atom is -0.477 e. The Morgan fingerprint density at radius 1 is 1.55 bits per heavy atom. The summed E-state index contributed by atoms with van der Waals surface area (Å²) in [6, 6.07) is 0. The molecule has 1 atom stereocenters. The number of nitrogens with zero attached hydrogens (tertiary/aromatic N) is 1. The van der Waals surface area contributed by atoms with E-state index >= 15 is 0 Å². The van der Waals surface area contributed by atoms with Crippen LogP contribution in [0.15, 0.2) is 10.6 Å². The number of hydrogen-bond donors (Lipinski definition) is 3. The van der Waals surface area contributed by atoms with Gasteiger partial charge in [-0.15, -0.1) is 11.8 Å². The molecule has 0 bridgehead atoms. The number of carboxylic acids is 1. The van der Waals surface area contributed by atoms with E-state index in [0.29, 0.717) is 18.0 Å². The molecule has 1 amide bonds. The molecule has 2 aliphatic rings. The summed E-state index contributed by atoms with van der Waals surface area (Å²) in [5.41, 5.74) is 0.190. The predicted octanol–water partition coefficient (Wildman–Crippen LogP) is 0.852. The van der Waals surface area contributed by atoms with Gasteiger partial charge in [-0.2, -0.15) is 0 Å². The molecule has 2 heterocycles. The number of thioether (sulfide) groups is 1. The van der Waals surface area contributed by atoms with Crippen molar-refractivity contribution < 1.29 is 14.7 Å². The van der Waals surface area contributed by atoms with Crippen molar-refractivity contribution in [3.05, 3.63) is 10.6 Å². The standard InChI is InChI=1S/C12H17N3O3S2/c1-13-12(19)14-5-3-2-4-7-10(11(17)18)15-8(16)6-9(15)20-7/h9H,2-6H2,1H3,(H,17,18)(H2,13,14,19)/t9-/m1/s1. The number of carbonyl (C=O) groups is 2. The Balaban J connectivity index is 1.82. The summed E-state index contributed by atoms with van der Waals surface area (Å²) in [6.45, 7) is 0.756. The van der Waals surface area contributed by atoms with Crippen LogP contribution in [-0.4, -0.2) is 46.0 Å². The number of rotatable bonds is 6. The minimum absolute atomic E-state index is 0.0126. The van der Waals surface area contributed by atoms with Crippen molar-refractivity contribution in [3.63, 3.8) is 0 Å². The Bertz CT molecular complexity index is 479. The fourth-order valence-electron chi connectivity index (χ4n) is 2.21. The maximum Gasteiger partial charge on any atom is 0.353 e. The Hall–Kier alpha value is -1.28. The van der Waals surface area contributed by atoms with Crippen LogP contribution in [0.2, 0.25) is 0 Å². The first-order chi connectivity index (χ1) is 9.54. The summed E-state index contributed by atoms with van der Waals surface area (Å²) >= 11 is 6.47. The van der Waals surface area contributed by atoms with Crippen molar-refractivity contribution in [3.8, 4) is 0 Å². The smallest absolute Gasteiger partial charge is 0.353 e. The number of amides is 1. The number of nitrogens with one attached hydrogen (secondary N) is 2. The Kier molecular flexibility index (Phi) is 4.87. The molecule has 0 unspecified atom stereocenters. The lowest BCUT2D eigenvalue weighted by molar-refractivity contribution is -0.145. The van der Waals surface area contributed by atoms with Crippen LogP contribution in [0.1, 0.15) is 25.7 Å². The highest BCUT2D eigenvalue weighted by molar-refractivity contribution is 8.04. The van der Waals surface area contributed by atoms with Crippen LogP contribution >= 0.6 is 24.0 Å². The number of carboxylic acid groups (broad SMARTS) is 1. The van der Waals surface area contributed by atoms with Gasteiger partial charge in [0.15, 0.2) is 5.11 Å². The molecule has 0 spiro atoms. The van der Waals surface area contributed by atoms with E-state index in [1.165, 1.54) is 16.7 Å². The van der Waals surface area contributed by atoms with Gasteiger partial charge in [0.25, 0.3) is 0 Å². The highest BCUT2D eigenvalue weighted by atomic mass is 32.2. The van der Waals surface area contributed by atoms with E-state index < -0.39 is 5.97 Å².